The molecule has 3 N–H and O–H groups in total. The Kier molecular flexibility index (Phi) is 4.60. The van der Waals surface area contributed by atoms with Crippen molar-refractivity contribution < 1.29 is 19.7 Å². The van der Waals surface area contributed by atoms with Crippen molar-refractivity contribution in [2.75, 3.05) is 20.2 Å². The van der Waals surface area contributed by atoms with Crippen molar-refractivity contribution in [2.24, 2.45) is 11.8 Å². The highest BCUT2D eigenvalue weighted by molar-refractivity contribution is 5.91. The molecule has 2 aliphatic rings. The number of aliphatic carboxylic acids is 1. The van der Waals surface area contributed by atoms with E-state index in [1.54, 1.807) is 6.07 Å². The molecule has 144 valence electrons. The number of aromatic nitrogens is 1. The minimum atomic E-state index is -0.904. The van der Waals surface area contributed by atoms with E-state index >= 15 is 0 Å². The van der Waals surface area contributed by atoms with Crippen LogP contribution in [0.5, 0.6) is 5.75 Å². The number of aromatic amines is 1. The molecule has 0 saturated carbocycles. The van der Waals surface area contributed by atoms with Gasteiger partial charge in [0.05, 0.1) is 25.0 Å². The van der Waals surface area contributed by atoms with E-state index in [4.69, 9.17) is 4.74 Å². The third-order valence-electron chi connectivity index (χ3n) is 6.29. The van der Waals surface area contributed by atoms with E-state index in [0.29, 0.717) is 11.3 Å². The molecule has 3 heterocycles. The number of ether oxygens (including phenoxy) is 1. The molecule has 0 radical (unpaired) electrons. The topological polar surface area (TPSA) is 85.8 Å². The van der Waals surface area contributed by atoms with E-state index in [-0.39, 0.29) is 17.9 Å². The first-order chi connectivity index (χ1) is 13.0. The van der Waals surface area contributed by atoms with Gasteiger partial charge in [-0.05, 0) is 42.4 Å². The van der Waals surface area contributed by atoms with Crippen LogP contribution in [0.15, 0.2) is 30.0 Å². The van der Waals surface area contributed by atoms with Gasteiger partial charge in [0.1, 0.15) is 5.75 Å². The number of nitrogens with zero attached hydrogens (tertiary/aromatic N) is 1. The SMILES string of the molecule is CC[C@@H]1CN2CCc3c([nH]c4cccc(O)c34)[C@@H]2C[C@@H]1C(=COC)C(=O)O. The Morgan fingerprint density at radius 3 is 2.96 bits per heavy atom. The van der Waals surface area contributed by atoms with Gasteiger partial charge >= 0.3 is 5.97 Å². The molecule has 6 heteroatoms. The van der Waals surface area contributed by atoms with Crippen molar-refractivity contribution in [1.29, 1.82) is 0 Å². The van der Waals surface area contributed by atoms with Crippen molar-refractivity contribution >= 4 is 16.9 Å². The predicted octanol–water partition coefficient (Wildman–Crippen LogP) is 3.43. The van der Waals surface area contributed by atoms with E-state index < -0.39 is 5.97 Å². The summed E-state index contributed by atoms with van der Waals surface area (Å²) in [5.74, 6) is -0.362. The van der Waals surface area contributed by atoms with Gasteiger partial charge in [-0.15, -0.1) is 0 Å². The normalized spacial score (nSPS) is 25.9. The van der Waals surface area contributed by atoms with Crippen molar-refractivity contribution in [3.05, 3.63) is 41.3 Å². The van der Waals surface area contributed by atoms with Crippen LogP contribution in [0.4, 0.5) is 0 Å². The van der Waals surface area contributed by atoms with Gasteiger partial charge in [-0.25, -0.2) is 4.79 Å². The molecule has 1 fully saturated rings. The van der Waals surface area contributed by atoms with Crippen molar-refractivity contribution in [3.63, 3.8) is 0 Å². The van der Waals surface area contributed by atoms with E-state index in [9.17, 15) is 15.0 Å². The molecule has 1 aromatic heterocycles. The highest BCUT2D eigenvalue weighted by atomic mass is 16.5. The molecule has 0 aliphatic carbocycles. The molecular weight excluding hydrogens is 344 g/mol. The Morgan fingerprint density at radius 2 is 2.26 bits per heavy atom. The molecule has 1 aromatic carbocycles. The van der Waals surface area contributed by atoms with Gasteiger partial charge in [-0.2, -0.15) is 0 Å². The zero-order valence-electron chi connectivity index (χ0n) is 15.7. The molecule has 1 saturated heterocycles. The molecule has 27 heavy (non-hydrogen) atoms. The lowest BCUT2D eigenvalue weighted by Gasteiger charge is -2.46. The Balaban J connectivity index is 1.76. The quantitative estimate of drug-likeness (QED) is 0.567. The van der Waals surface area contributed by atoms with Crippen LogP contribution in [-0.2, 0) is 16.0 Å². The standard InChI is InChI=1S/C21H26N2O4/c1-3-12-10-23-8-7-13-19-16(5-4-6-18(19)24)22-20(13)17(23)9-14(12)15(11-27-2)21(25)26/h4-6,11-12,14,17,22,24H,3,7-10H2,1-2H3,(H,25,26)/t12-,14+,17+/m1/s1. The van der Waals surface area contributed by atoms with Crippen molar-refractivity contribution in [2.45, 2.75) is 32.2 Å². The molecule has 3 atom stereocenters. The number of hydrogen-bond donors (Lipinski definition) is 3. The highest BCUT2D eigenvalue weighted by Gasteiger charge is 2.42. The summed E-state index contributed by atoms with van der Waals surface area (Å²) in [7, 11) is 1.50. The third-order valence-corrected chi connectivity index (χ3v) is 6.29. The summed E-state index contributed by atoms with van der Waals surface area (Å²) in [5, 5.41) is 21.0. The summed E-state index contributed by atoms with van der Waals surface area (Å²) in [6, 6.07) is 5.69. The number of phenolic OH excluding ortho intramolecular Hbond substituents is 1. The summed E-state index contributed by atoms with van der Waals surface area (Å²) in [6.45, 7) is 3.93. The first kappa shape index (κ1) is 17.9. The van der Waals surface area contributed by atoms with Gasteiger partial charge in [0, 0.05) is 29.7 Å². The van der Waals surface area contributed by atoms with Crippen LogP contribution in [-0.4, -0.2) is 46.3 Å². The first-order valence-electron chi connectivity index (χ1n) is 9.57. The predicted molar refractivity (Wildman–Crippen MR) is 103 cm³/mol. The number of carbonyl (C=O) groups is 1. The number of rotatable bonds is 4. The van der Waals surface area contributed by atoms with Crippen molar-refractivity contribution in [1.82, 2.24) is 9.88 Å². The van der Waals surface area contributed by atoms with Gasteiger partial charge < -0.3 is 19.9 Å². The first-order valence-corrected chi connectivity index (χ1v) is 9.57. The lowest BCUT2D eigenvalue weighted by atomic mass is 9.74. The smallest absolute Gasteiger partial charge is 0.334 e. The molecule has 2 aromatic rings. The Hall–Kier alpha value is -2.47. The van der Waals surface area contributed by atoms with E-state index in [0.717, 1.165) is 48.9 Å². The Labute approximate surface area is 158 Å². The zero-order chi connectivity index (χ0) is 19.1. The number of nitrogens with one attached hydrogen (secondary N) is 1. The molecule has 0 amide bonds. The van der Waals surface area contributed by atoms with E-state index in [1.807, 2.05) is 12.1 Å². The second-order valence-corrected chi connectivity index (χ2v) is 7.60. The fraction of sp³-hybridized carbons (Fsp3) is 0.476. The molecule has 0 unspecified atom stereocenters. The van der Waals surface area contributed by atoms with Crippen LogP contribution in [0.1, 0.15) is 37.1 Å². The number of hydrogen-bond acceptors (Lipinski definition) is 4. The lowest BCUT2D eigenvalue weighted by Crippen LogP contribution is -2.46. The Morgan fingerprint density at radius 1 is 1.44 bits per heavy atom. The number of aromatic hydroxyl groups is 1. The zero-order valence-corrected chi connectivity index (χ0v) is 15.7. The minimum Gasteiger partial charge on any atom is -0.507 e. The van der Waals surface area contributed by atoms with Gasteiger partial charge in [0.15, 0.2) is 0 Å². The van der Waals surface area contributed by atoms with Crippen molar-refractivity contribution in [3.8, 4) is 5.75 Å². The molecule has 4 rings (SSSR count). The summed E-state index contributed by atoms with van der Waals surface area (Å²) in [4.78, 5) is 17.8. The maximum atomic E-state index is 11.8. The number of H-pyrrole nitrogens is 1. The maximum Gasteiger partial charge on any atom is 0.334 e. The summed E-state index contributed by atoms with van der Waals surface area (Å²) in [6.07, 6.45) is 3.96. The number of carboxylic acid groups (broad SMARTS) is 1. The second-order valence-electron chi connectivity index (χ2n) is 7.60. The minimum absolute atomic E-state index is 0.0559. The van der Waals surface area contributed by atoms with Crippen LogP contribution in [0.25, 0.3) is 10.9 Å². The maximum absolute atomic E-state index is 11.8. The fourth-order valence-electron chi connectivity index (χ4n) is 5.02. The van der Waals surface area contributed by atoms with Crippen LogP contribution in [0.2, 0.25) is 0 Å². The monoisotopic (exact) mass is 370 g/mol. The Bertz CT molecular complexity index is 901. The number of benzene rings is 1. The highest BCUT2D eigenvalue weighted by Crippen LogP contribution is 2.46. The number of fused-ring (bicyclic) bond motifs is 5. The molecule has 0 bridgehead atoms. The van der Waals surface area contributed by atoms with Crippen LogP contribution in [0, 0.1) is 11.8 Å². The average molecular weight is 370 g/mol. The summed E-state index contributed by atoms with van der Waals surface area (Å²) in [5.41, 5.74) is 3.60. The second kappa shape index (κ2) is 6.93. The molecular formula is C21H26N2O4. The lowest BCUT2D eigenvalue weighted by molar-refractivity contribution is -0.134. The third kappa shape index (κ3) is 2.88. The van der Waals surface area contributed by atoms with Crippen LogP contribution >= 0.6 is 0 Å². The van der Waals surface area contributed by atoms with Crippen LogP contribution in [0.3, 0.4) is 0 Å². The number of carboxylic acids is 1. The average Bonchev–Trinajstić information content (AvgIpc) is 3.05. The van der Waals surface area contributed by atoms with Gasteiger partial charge in [-0.1, -0.05) is 19.4 Å². The number of phenols is 1. The van der Waals surface area contributed by atoms with Gasteiger partial charge in [0.25, 0.3) is 0 Å². The number of piperidine rings is 1. The van der Waals surface area contributed by atoms with Gasteiger partial charge in [-0.3, -0.25) is 4.90 Å². The van der Waals surface area contributed by atoms with Gasteiger partial charge in [0.2, 0.25) is 0 Å². The van der Waals surface area contributed by atoms with Crippen LogP contribution < -0.4 is 0 Å². The number of methoxy groups -OCH3 is 1. The summed E-state index contributed by atoms with van der Waals surface area (Å²) >= 11 is 0. The van der Waals surface area contributed by atoms with E-state index in [1.165, 1.54) is 18.9 Å². The molecule has 0 spiro atoms. The molecule has 6 nitrogen and oxygen atoms in total. The fourth-order valence-corrected chi connectivity index (χ4v) is 5.02. The largest absolute Gasteiger partial charge is 0.507 e. The summed E-state index contributed by atoms with van der Waals surface area (Å²) < 4.78 is 5.08. The van der Waals surface area contributed by atoms with E-state index in [2.05, 4.69) is 16.8 Å². The molecule has 2 aliphatic heterocycles.